The van der Waals surface area contributed by atoms with Gasteiger partial charge in [-0.3, -0.25) is 9.48 Å². The highest BCUT2D eigenvalue weighted by Gasteiger charge is 2.35. The van der Waals surface area contributed by atoms with Crippen molar-refractivity contribution in [1.29, 1.82) is 0 Å². The van der Waals surface area contributed by atoms with Crippen molar-refractivity contribution in [2.75, 3.05) is 13.1 Å². The molecule has 1 aliphatic rings. The van der Waals surface area contributed by atoms with Crippen LogP contribution in [0.25, 0.3) is 5.52 Å². The molecule has 3 aromatic heterocycles. The average molecular weight is 377 g/mol. The van der Waals surface area contributed by atoms with Crippen molar-refractivity contribution in [3.8, 4) is 0 Å². The van der Waals surface area contributed by atoms with Crippen LogP contribution in [0.15, 0.2) is 42.9 Å². The molecule has 0 aliphatic carbocycles. The van der Waals surface area contributed by atoms with Gasteiger partial charge in [-0.25, -0.2) is 4.52 Å². The van der Waals surface area contributed by atoms with Crippen LogP contribution in [0.4, 0.5) is 13.2 Å². The third-order valence-electron chi connectivity index (χ3n) is 4.87. The molecule has 0 bridgehead atoms. The Bertz CT molecular complexity index is 961. The first-order valence-electron chi connectivity index (χ1n) is 8.73. The van der Waals surface area contributed by atoms with Gasteiger partial charge in [0.1, 0.15) is 0 Å². The lowest BCUT2D eigenvalue weighted by Gasteiger charge is -2.33. The molecule has 0 spiro atoms. The maximum atomic E-state index is 12.8. The van der Waals surface area contributed by atoms with Gasteiger partial charge in [0, 0.05) is 31.0 Å². The molecule has 9 heteroatoms. The maximum absolute atomic E-state index is 12.8. The number of aromatic nitrogens is 4. The number of amides is 1. The molecule has 6 nitrogen and oxygen atoms in total. The average Bonchev–Trinajstić information content (AvgIpc) is 3.30. The summed E-state index contributed by atoms with van der Waals surface area (Å²) in [7, 11) is 0. The maximum Gasteiger partial charge on any atom is 0.435 e. The lowest BCUT2D eigenvalue weighted by Crippen LogP contribution is -2.41. The molecular formula is C18H18F3N5O. The quantitative estimate of drug-likeness (QED) is 0.705. The Morgan fingerprint density at radius 2 is 2.07 bits per heavy atom. The van der Waals surface area contributed by atoms with E-state index in [1.54, 1.807) is 15.6 Å². The van der Waals surface area contributed by atoms with E-state index in [9.17, 15) is 18.0 Å². The van der Waals surface area contributed by atoms with Gasteiger partial charge < -0.3 is 4.90 Å². The number of carbonyl (C=O) groups excluding carboxylic acids is 1. The van der Waals surface area contributed by atoms with Gasteiger partial charge in [0.05, 0.1) is 24.2 Å². The fourth-order valence-corrected chi connectivity index (χ4v) is 3.49. The van der Waals surface area contributed by atoms with E-state index in [0.717, 1.165) is 23.6 Å². The van der Waals surface area contributed by atoms with Crippen molar-refractivity contribution in [3.63, 3.8) is 0 Å². The first-order valence-corrected chi connectivity index (χ1v) is 8.73. The first kappa shape index (κ1) is 17.6. The van der Waals surface area contributed by atoms with E-state index in [2.05, 4.69) is 10.2 Å². The van der Waals surface area contributed by atoms with Gasteiger partial charge in [0.25, 0.3) is 0 Å². The van der Waals surface area contributed by atoms with Gasteiger partial charge in [-0.15, -0.1) is 0 Å². The van der Waals surface area contributed by atoms with Crippen molar-refractivity contribution in [2.24, 2.45) is 0 Å². The summed E-state index contributed by atoms with van der Waals surface area (Å²) in [4.78, 5) is 14.4. The zero-order valence-electron chi connectivity index (χ0n) is 14.4. The predicted molar refractivity (Wildman–Crippen MR) is 91.0 cm³/mol. The van der Waals surface area contributed by atoms with Gasteiger partial charge in [-0.2, -0.15) is 23.4 Å². The zero-order valence-corrected chi connectivity index (χ0v) is 14.4. The summed E-state index contributed by atoms with van der Waals surface area (Å²) in [5, 5.41) is 7.89. The minimum Gasteiger partial charge on any atom is -0.340 e. The summed E-state index contributed by atoms with van der Waals surface area (Å²) in [6.45, 7) is 0.957. The molecule has 0 aromatic carbocycles. The summed E-state index contributed by atoms with van der Waals surface area (Å²) in [6.07, 6.45) is 2.01. The van der Waals surface area contributed by atoms with Crippen LogP contribution >= 0.6 is 0 Å². The van der Waals surface area contributed by atoms with Crippen molar-refractivity contribution >= 4 is 11.4 Å². The smallest absolute Gasteiger partial charge is 0.340 e. The predicted octanol–water partition coefficient (Wildman–Crippen LogP) is 2.96. The minimum atomic E-state index is -4.46. The number of hydrogen-bond donors (Lipinski definition) is 0. The number of carbonyl (C=O) groups is 1. The van der Waals surface area contributed by atoms with E-state index in [-0.39, 0.29) is 18.4 Å². The van der Waals surface area contributed by atoms with E-state index in [0.29, 0.717) is 19.5 Å². The van der Waals surface area contributed by atoms with E-state index in [4.69, 9.17) is 0 Å². The first-order chi connectivity index (χ1) is 12.9. The Labute approximate surface area is 153 Å². The Balaban J connectivity index is 1.46. The lowest BCUT2D eigenvalue weighted by atomic mass is 10.0. The van der Waals surface area contributed by atoms with Gasteiger partial charge in [0.15, 0.2) is 5.69 Å². The zero-order chi connectivity index (χ0) is 19.0. The number of fused-ring (bicyclic) bond motifs is 1. The Morgan fingerprint density at radius 1 is 1.22 bits per heavy atom. The van der Waals surface area contributed by atoms with Crippen molar-refractivity contribution in [2.45, 2.75) is 31.5 Å². The number of hydrogen-bond acceptors (Lipinski definition) is 3. The van der Waals surface area contributed by atoms with Crippen LogP contribution in [-0.2, 0) is 17.4 Å². The molecule has 1 unspecified atom stereocenters. The molecule has 142 valence electrons. The highest BCUT2D eigenvalue weighted by molar-refractivity contribution is 5.81. The van der Waals surface area contributed by atoms with Gasteiger partial charge in [-0.05, 0) is 31.0 Å². The highest BCUT2D eigenvalue weighted by Crippen LogP contribution is 2.29. The molecular weight excluding hydrogens is 359 g/mol. The summed E-state index contributed by atoms with van der Waals surface area (Å²) >= 11 is 0. The molecule has 4 rings (SSSR count). The van der Waals surface area contributed by atoms with Crippen molar-refractivity contribution in [3.05, 3.63) is 54.1 Å². The van der Waals surface area contributed by atoms with Crippen LogP contribution in [-0.4, -0.2) is 43.3 Å². The molecule has 1 fully saturated rings. The fraction of sp³-hybridized carbons (Fsp3) is 0.389. The summed E-state index contributed by atoms with van der Waals surface area (Å²) in [6, 6.07) is 6.37. The second-order valence-electron chi connectivity index (χ2n) is 6.69. The Hall–Kier alpha value is -2.84. The summed E-state index contributed by atoms with van der Waals surface area (Å²) in [5.41, 5.74) is 0.805. The third-order valence-corrected chi connectivity index (χ3v) is 4.87. The van der Waals surface area contributed by atoms with E-state index in [1.165, 1.54) is 10.9 Å². The second kappa shape index (κ2) is 6.71. The monoisotopic (exact) mass is 377 g/mol. The number of rotatable bonds is 3. The Kier molecular flexibility index (Phi) is 4.37. The van der Waals surface area contributed by atoms with Crippen LogP contribution in [0.2, 0.25) is 0 Å². The van der Waals surface area contributed by atoms with Crippen LogP contribution in [0.3, 0.4) is 0 Å². The van der Waals surface area contributed by atoms with Gasteiger partial charge in [0.2, 0.25) is 5.91 Å². The van der Waals surface area contributed by atoms with Crippen LogP contribution < -0.4 is 0 Å². The molecule has 1 aliphatic heterocycles. The molecule has 0 N–H and O–H groups in total. The van der Waals surface area contributed by atoms with Crippen molar-refractivity contribution in [1.82, 2.24) is 24.3 Å². The number of alkyl halides is 3. The molecule has 3 aromatic rings. The number of pyridine rings is 1. The minimum absolute atomic E-state index is 0.0540. The van der Waals surface area contributed by atoms with Crippen LogP contribution in [0, 0.1) is 0 Å². The Morgan fingerprint density at radius 3 is 2.85 bits per heavy atom. The van der Waals surface area contributed by atoms with Crippen molar-refractivity contribution < 1.29 is 18.0 Å². The van der Waals surface area contributed by atoms with E-state index < -0.39 is 11.9 Å². The summed E-state index contributed by atoms with van der Waals surface area (Å²) < 4.78 is 41.3. The highest BCUT2D eigenvalue weighted by atomic mass is 19.4. The standard InChI is InChI=1S/C18H18F3N5O/c19-18(20,21)16-6-9-25(23-16)14-4-3-7-24(12-14)17(27)10-13-11-22-26-8-2-1-5-15(13)26/h1-2,5-6,8-9,11,14H,3-4,7,10,12H2. The second-order valence-corrected chi connectivity index (χ2v) is 6.69. The SMILES string of the molecule is O=C(Cc1cnn2ccccc12)N1CCCC(n2ccc(C(F)(F)F)n2)C1. The van der Waals surface area contributed by atoms with E-state index in [1.807, 2.05) is 24.4 Å². The van der Waals surface area contributed by atoms with Crippen LogP contribution in [0.5, 0.6) is 0 Å². The summed E-state index contributed by atoms with van der Waals surface area (Å²) in [5.74, 6) is -0.0540. The third kappa shape index (κ3) is 3.54. The lowest BCUT2D eigenvalue weighted by molar-refractivity contribution is -0.142. The number of likely N-dealkylation sites (tertiary alicyclic amines) is 1. The van der Waals surface area contributed by atoms with Crippen LogP contribution in [0.1, 0.15) is 30.1 Å². The topological polar surface area (TPSA) is 55.4 Å². The van der Waals surface area contributed by atoms with Gasteiger partial charge in [-0.1, -0.05) is 6.07 Å². The molecule has 0 radical (unpaired) electrons. The van der Waals surface area contributed by atoms with E-state index >= 15 is 0 Å². The molecule has 0 saturated carbocycles. The number of piperidine rings is 1. The number of halogens is 3. The molecule has 1 saturated heterocycles. The normalized spacial score (nSPS) is 18.2. The fourth-order valence-electron chi connectivity index (χ4n) is 3.49. The van der Waals surface area contributed by atoms with Gasteiger partial charge >= 0.3 is 6.18 Å². The largest absolute Gasteiger partial charge is 0.435 e. The molecule has 1 atom stereocenters. The molecule has 27 heavy (non-hydrogen) atoms. The molecule has 1 amide bonds. The number of nitrogens with zero attached hydrogens (tertiary/aromatic N) is 5. The molecule has 4 heterocycles.